The number of rotatable bonds is 3. The molecule has 0 aliphatic heterocycles. The zero-order chi connectivity index (χ0) is 13.7. The Morgan fingerprint density at radius 3 is 2.58 bits per heavy atom. The smallest absolute Gasteiger partial charge is 0.171 e. The lowest BCUT2D eigenvalue weighted by Crippen LogP contribution is -2.27. The van der Waals surface area contributed by atoms with Crippen molar-refractivity contribution in [1.29, 1.82) is 0 Å². The topological polar surface area (TPSA) is 44.3 Å². The molecule has 0 aliphatic carbocycles. The quantitative estimate of drug-likeness (QED) is 0.598. The third-order valence-corrected chi connectivity index (χ3v) is 3.05. The number of halogens is 1. The predicted molar refractivity (Wildman–Crippen MR) is 82.6 cm³/mol. The van der Waals surface area contributed by atoms with E-state index >= 15 is 0 Å². The van der Waals surface area contributed by atoms with Crippen molar-refractivity contribution in [1.82, 2.24) is 5.32 Å². The van der Waals surface area contributed by atoms with Crippen LogP contribution in [0.1, 0.15) is 5.56 Å². The molecule has 3 nitrogen and oxygen atoms in total. The van der Waals surface area contributed by atoms with Crippen molar-refractivity contribution in [3.8, 4) is 5.75 Å². The lowest BCUT2D eigenvalue weighted by atomic mass is 10.2. The maximum atomic E-state index is 9.32. The average molecular weight is 293 g/mol. The van der Waals surface area contributed by atoms with Crippen LogP contribution in [-0.4, -0.2) is 10.2 Å². The van der Waals surface area contributed by atoms with Crippen molar-refractivity contribution in [2.45, 2.75) is 6.54 Å². The second-order valence-electron chi connectivity index (χ2n) is 3.96. The number of anilines is 1. The summed E-state index contributed by atoms with van der Waals surface area (Å²) in [5, 5.41) is 16.2. The molecule has 0 saturated carbocycles. The minimum atomic E-state index is 0.0513. The van der Waals surface area contributed by atoms with Crippen molar-refractivity contribution < 1.29 is 5.11 Å². The van der Waals surface area contributed by atoms with Gasteiger partial charge in [-0.05, 0) is 36.0 Å². The first-order valence-corrected chi connectivity index (χ1v) is 6.51. The highest BCUT2D eigenvalue weighted by Crippen LogP contribution is 2.25. The molecule has 2 rings (SSSR count). The molecule has 19 heavy (non-hydrogen) atoms. The number of hydrogen-bond donors (Lipinski definition) is 3. The number of phenolic OH excluding ortho intramolecular Hbond substituents is 1. The molecule has 0 aliphatic rings. The number of hydrogen-bond acceptors (Lipinski definition) is 2. The lowest BCUT2D eigenvalue weighted by molar-refractivity contribution is 0.475. The summed E-state index contributed by atoms with van der Waals surface area (Å²) in [4.78, 5) is 0. The van der Waals surface area contributed by atoms with E-state index in [1.54, 1.807) is 12.1 Å². The van der Waals surface area contributed by atoms with Gasteiger partial charge in [0.25, 0.3) is 0 Å². The number of benzene rings is 2. The van der Waals surface area contributed by atoms with E-state index in [4.69, 9.17) is 23.8 Å². The summed E-state index contributed by atoms with van der Waals surface area (Å²) in [5.41, 5.74) is 1.88. The molecule has 0 bridgehead atoms. The van der Waals surface area contributed by atoms with Crippen LogP contribution in [0.3, 0.4) is 0 Å². The third-order valence-electron chi connectivity index (χ3n) is 2.50. The van der Waals surface area contributed by atoms with Gasteiger partial charge in [-0.25, -0.2) is 0 Å². The predicted octanol–water partition coefficient (Wildman–Crippen LogP) is 3.53. The minimum absolute atomic E-state index is 0.0513. The van der Waals surface area contributed by atoms with Gasteiger partial charge in [-0.15, -0.1) is 0 Å². The molecule has 2 aromatic rings. The second kappa shape index (κ2) is 6.41. The van der Waals surface area contributed by atoms with Gasteiger partial charge in [-0.3, -0.25) is 0 Å². The Balaban J connectivity index is 1.89. The Morgan fingerprint density at radius 1 is 1.16 bits per heavy atom. The Hall–Kier alpha value is -1.78. The molecule has 0 atom stereocenters. The van der Waals surface area contributed by atoms with Gasteiger partial charge >= 0.3 is 0 Å². The molecule has 98 valence electrons. The van der Waals surface area contributed by atoms with Crippen LogP contribution in [0.2, 0.25) is 5.02 Å². The molecule has 0 heterocycles. The van der Waals surface area contributed by atoms with Crippen molar-refractivity contribution in [2.75, 3.05) is 5.32 Å². The van der Waals surface area contributed by atoms with Gasteiger partial charge in [-0.1, -0.05) is 41.9 Å². The van der Waals surface area contributed by atoms with Crippen molar-refractivity contribution in [3.05, 3.63) is 59.1 Å². The second-order valence-corrected chi connectivity index (χ2v) is 4.77. The van der Waals surface area contributed by atoms with Crippen LogP contribution < -0.4 is 10.6 Å². The summed E-state index contributed by atoms with van der Waals surface area (Å²) < 4.78 is 0. The molecular weight excluding hydrogens is 280 g/mol. The summed E-state index contributed by atoms with van der Waals surface area (Å²) in [6, 6.07) is 14.8. The van der Waals surface area contributed by atoms with Gasteiger partial charge in [-0.2, -0.15) is 0 Å². The summed E-state index contributed by atoms with van der Waals surface area (Å²) in [6.07, 6.45) is 0. The highest BCUT2D eigenvalue weighted by atomic mass is 35.5. The van der Waals surface area contributed by atoms with Crippen LogP contribution in [0.25, 0.3) is 0 Å². The molecule has 0 amide bonds. The summed E-state index contributed by atoms with van der Waals surface area (Å²) in [5.74, 6) is 0.0513. The van der Waals surface area contributed by atoms with Crippen LogP contribution in [0.15, 0.2) is 48.5 Å². The van der Waals surface area contributed by atoms with E-state index in [-0.39, 0.29) is 10.8 Å². The molecule has 0 aromatic heterocycles. The van der Waals surface area contributed by atoms with Gasteiger partial charge < -0.3 is 15.7 Å². The highest BCUT2D eigenvalue weighted by Gasteiger charge is 2.02. The largest absolute Gasteiger partial charge is 0.506 e. The molecule has 0 fully saturated rings. The van der Waals surface area contributed by atoms with Crippen LogP contribution in [-0.2, 0) is 6.54 Å². The normalized spacial score (nSPS) is 9.95. The zero-order valence-electron chi connectivity index (χ0n) is 10.1. The minimum Gasteiger partial charge on any atom is -0.506 e. The van der Waals surface area contributed by atoms with Gasteiger partial charge in [0.05, 0.1) is 5.02 Å². The molecule has 0 radical (unpaired) electrons. The van der Waals surface area contributed by atoms with Crippen LogP contribution in [0.4, 0.5) is 5.69 Å². The van der Waals surface area contributed by atoms with E-state index in [1.807, 2.05) is 30.3 Å². The number of nitrogens with one attached hydrogen (secondary N) is 2. The summed E-state index contributed by atoms with van der Waals surface area (Å²) in [7, 11) is 0. The van der Waals surface area contributed by atoms with Crippen LogP contribution in [0, 0.1) is 0 Å². The molecule has 2 aromatic carbocycles. The average Bonchev–Trinajstić information content (AvgIpc) is 2.42. The van der Waals surface area contributed by atoms with E-state index in [2.05, 4.69) is 10.6 Å². The molecule has 5 heteroatoms. The van der Waals surface area contributed by atoms with Crippen LogP contribution >= 0.6 is 23.8 Å². The maximum Gasteiger partial charge on any atom is 0.171 e. The first-order chi connectivity index (χ1) is 9.15. The van der Waals surface area contributed by atoms with Gasteiger partial charge in [0, 0.05) is 12.2 Å². The van der Waals surface area contributed by atoms with Crippen molar-refractivity contribution in [3.63, 3.8) is 0 Å². The molecule has 3 N–H and O–H groups in total. The number of aromatic hydroxyl groups is 1. The van der Waals surface area contributed by atoms with E-state index in [0.29, 0.717) is 11.7 Å². The fraction of sp³-hybridized carbons (Fsp3) is 0.0714. The third kappa shape index (κ3) is 4.12. The van der Waals surface area contributed by atoms with E-state index in [9.17, 15) is 5.11 Å². The maximum absolute atomic E-state index is 9.32. The Labute approximate surface area is 122 Å². The number of thiocarbonyl (C=S) groups is 1. The van der Waals surface area contributed by atoms with Gasteiger partial charge in [0.1, 0.15) is 5.75 Å². The van der Waals surface area contributed by atoms with Crippen molar-refractivity contribution >= 4 is 34.6 Å². The lowest BCUT2D eigenvalue weighted by Gasteiger charge is -2.11. The monoisotopic (exact) mass is 292 g/mol. The Kier molecular flexibility index (Phi) is 4.60. The van der Waals surface area contributed by atoms with Gasteiger partial charge in [0.15, 0.2) is 5.11 Å². The molecular formula is C14H13ClN2OS. The van der Waals surface area contributed by atoms with Crippen molar-refractivity contribution in [2.24, 2.45) is 0 Å². The van der Waals surface area contributed by atoms with Gasteiger partial charge in [0.2, 0.25) is 0 Å². The van der Waals surface area contributed by atoms with E-state index in [0.717, 1.165) is 11.3 Å². The zero-order valence-corrected chi connectivity index (χ0v) is 11.6. The van der Waals surface area contributed by atoms with E-state index in [1.165, 1.54) is 6.07 Å². The first-order valence-electron chi connectivity index (χ1n) is 5.72. The SMILES string of the molecule is Oc1ccc(NC(=S)NCc2ccccc2)cc1Cl. The molecule has 0 saturated heterocycles. The summed E-state index contributed by atoms with van der Waals surface area (Å²) in [6.45, 7) is 0.651. The Bertz CT molecular complexity index is 575. The van der Waals surface area contributed by atoms with Crippen LogP contribution in [0.5, 0.6) is 5.75 Å². The molecule has 0 unspecified atom stereocenters. The summed E-state index contributed by atoms with van der Waals surface area (Å²) >= 11 is 11.0. The molecule has 0 spiro atoms. The fourth-order valence-corrected chi connectivity index (χ4v) is 1.91. The Morgan fingerprint density at radius 2 is 1.89 bits per heavy atom. The fourth-order valence-electron chi connectivity index (χ4n) is 1.54. The van der Waals surface area contributed by atoms with E-state index < -0.39 is 0 Å². The highest BCUT2D eigenvalue weighted by molar-refractivity contribution is 7.80. The first kappa shape index (κ1) is 13.6. The standard InChI is InChI=1S/C14H13ClN2OS/c15-12-8-11(6-7-13(12)18)17-14(19)16-9-10-4-2-1-3-5-10/h1-8,18H,9H2,(H2,16,17,19). The number of phenols is 1.